The monoisotopic (exact) mass is 446 g/mol. The van der Waals surface area contributed by atoms with Crippen LogP contribution in [0.1, 0.15) is 22.3 Å². The minimum absolute atomic E-state index is 0.310. The van der Waals surface area contributed by atoms with Gasteiger partial charge < -0.3 is 4.74 Å². The lowest BCUT2D eigenvalue weighted by molar-refractivity contribution is 0.431. The normalized spacial score (nSPS) is 17.9. The van der Waals surface area contributed by atoms with Crippen LogP contribution in [0.4, 0.5) is 8.78 Å². The van der Waals surface area contributed by atoms with Crippen molar-refractivity contribution in [2.24, 2.45) is 0 Å². The molecule has 4 aromatic carbocycles. The van der Waals surface area contributed by atoms with E-state index >= 15 is 0 Å². The van der Waals surface area contributed by atoms with Crippen molar-refractivity contribution < 1.29 is 13.5 Å². The third kappa shape index (κ3) is 2.07. The SMILES string of the molecule is Fc1ccc2c(c1)Oc1ccccc1C21c2ccccc2-c2cc(F)c(Br)cc21. The van der Waals surface area contributed by atoms with Gasteiger partial charge in [0.2, 0.25) is 0 Å². The summed E-state index contributed by atoms with van der Waals surface area (Å²) < 4.78 is 35.2. The molecule has 0 radical (unpaired) electrons. The summed E-state index contributed by atoms with van der Waals surface area (Å²) >= 11 is 3.37. The lowest BCUT2D eigenvalue weighted by atomic mass is 9.66. The molecule has 1 heterocycles. The van der Waals surface area contributed by atoms with Gasteiger partial charge in [-0.25, -0.2) is 8.78 Å². The van der Waals surface area contributed by atoms with E-state index in [4.69, 9.17) is 4.74 Å². The summed E-state index contributed by atoms with van der Waals surface area (Å²) in [5.74, 6) is 0.487. The molecule has 1 spiro atoms. The van der Waals surface area contributed by atoms with E-state index in [1.165, 1.54) is 12.1 Å². The number of fused-ring (bicyclic) bond motifs is 9. The molecule has 1 nitrogen and oxygen atoms in total. The summed E-state index contributed by atoms with van der Waals surface area (Å²) in [6, 6.07) is 23.9. The molecule has 4 heteroatoms. The van der Waals surface area contributed by atoms with Crippen LogP contribution in [0, 0.1) is 11.6 Å². The van der Waals surface area contributed by atoms with Gasteiger partial charge in [-0.2, -0.15) is 0 Å². The fraction of sp³-hybridized carbons (Fsp3) is 0.0400. The maximum absolute atomic E-state index is 14.5. The molecule has 1 aliphatic heterocycles. The molecule has 29 heavy (non-hydrogen) atoms. The number of halogens is 3. The third-order valence-electron chi connectivity index (χ3n) is 5.94. The molecule has 1 aliphatic carbocycles. The highest BCUT2D eigenvalue weighted by Crippen LogP contribution is 2.62. The van der Waals surface area contributed by atoms with Gasteiger partial charge in [0.15, 0.2) is 0 Å². The van der Waals surface area contributed by atoms with Crippen LogP contribution in [-0.2, 0) is 5.41 Å². The van der Waals surface area contributed by atoms with Crippen molar-refractivity contribution in [1.82, 2.24) is 0 Å². The first-order valence-electron chi connectivity index (χ1n) is 9.27. The Kier molecular flexibility index (Phi) is 3.37. The van der Waals surface area contributed by atoms with Crippen molar-refractivity contribution in [1.29, 1.82) is 0 Å². The summed E-state index contributed by atoms with van der Waals surface area (Å²) in [5.41, 5.74) is 4.91. The Hall–Kier alpha value is -2.98. The first-order valence-corrected chi connectivity index (χ1v) is 10.1. The van der Waals surface area contributed by atoms with Gasteiger partial charge >= 0.3 is 0 Å². The van der Waals surface area contributed by atoms with Crippen molar-refractivity contribution in [3.05, 3.63) is 117 Å². The molecule has 2 aliphatic rings. The average molecular weight is 447 g/mol. The van der Waals surface area contributed by atoms with Gasteiger partial charge in [0, 0.05) is 17.2 Å². The van der Waals surface area contributed by atoms with Crippen LogP contribution in [0.2, 0.25) is 0 Å². The number of benzene rings is 4. The number of para-hydroxylation sites is 1. The second kappa shape index (κ2) is 5.77. The van der Waals surface area contributed by atoms with Crippen molar-refractivity contribution >= 4 is 15.9 Å². The van der Waals surface area contributed by atoms with E-state index in [1.807, 2.05) is 48.5 Å². The van der Waals surface area contributed by atoms with Crippen LogP contribution >= 0.6 is 15.9 Å². The Labute approximate surface area is 174 Å². The van der Waals surface area contributed by atoms with Gasteiger partial charge in [0.25, 0.3) is 0 Å². The summed E-state index contributed by atoms with van der Waals surface area (Å²) in [4.78, 5) is 0. The van der Waals surface area contributed by atoms with E-state index in [1.54, 1.807) is 12.1 Å². The van der Waals surface area contributed by atoms with Gasteiger partial charge in [0.05, 0.1) is 9.89 Å². The molecular weight excluding hydrogens is 434 g/mol. The van der Waals surface area contributed by atoms with Crippen LogP contribution in [0.15, 0.2) is 83.3 Å². The predicted molar refractivity (Wildman–Crippen MR) is 111 cm³/mol. The Morgan fingerprint density at radius 2 is 1.38 bits per heavy atom. The van der Waals surface area contributed by atoms with Crippen molar-refractivity contribution in [3.8, 4) is 22.6 Å². The first-order chi connectivity index (χ1) is 14.1. The molecular formula is C25H13BrF2O. The molecule has 0 saturated carbocycles. The van der Waals surface area contributed by atoms with E-state index in [0.29, 0.717) is 16.0 Å². The molecule has 140 valence electrons. The minimum atomic E-state index is -0.708. The molecule has 6 rings (SSSR count). The van der Waals surface area contributed by atoms with Gasteiger partial charge in [0.1, 0.15) is 23.1 Å². The average Bonchev–Trinajstić information content (AvgIpc) is 2.99. The molecule has 0 aromatic heterocycles. The highest BCUT2D eigenvalue weighted by Gasteiger charge is 2.51. The highest BCUT2D eigenvalue weighted by atomic mass is 79.9. The summed E-state index contributed by atoms with van der Waals surface area (Å²) in [6.45, 7) is 0. The smallest absolute Gasteiger partial charge is 0.138 e. The fourth-order valence-corrected chi connectivity index (χ4v) is 5.21. The van der Waals surface area contributed by atoms with Gasteiger partial charge in [-0.05, 0) is 62.4 Å². The van der Waals surface area contributed by atoms with Crippen LogP contribution in [-0.4, -0.2) is 0 Å². The highest BCUT2D eigenvalue weighted by molar-refractivity contribution is 9.10. The van der Waals surface area contributed by atoms with E-state index in [0.717, 1.165) is 33.4 Å². The topological polar surface area (TPSA) is 9.23 Å². The Morgan fingerprint density at radius 3 is 2.24 bits per heavy atom. The van der Waals surface area contributed by atoms with Crippen LogP contribution < -0.4 is 4.74 Å². The third-order valence-corrected chi connectivity index (χ3v) is 6.55. The standard InChI is InChI=1S/C25H13BrF2O/c26-21-13-20-16(12-22(21)28)15-5-1-2-6-17(15)25(20)18-7-3-4-8-23(18)29-24-11-14(27)9-10-19(24)25/h1-13H. The van der Waals surface area contributed by atoms with E-state index in [-0.39, 0.29) is 11.6 Å². The van der Waals surface area contributed by atoms with Crippen molar-refractivity contribution in [2.75, 3.05) is 0 Å². The van der Waals surface area contributed by atoms with Gasteiger partial charge in [-0.15, -0.1) is 0 Å². The molecule has 0 amide bonds. The number of hydrogen-bond donors (Lipinski definition) is 0. The molecule has 4 aromatic rings. The maximum atomic E-state index is 14.5. The molecule has 0 saturated heterocycles. The maximum Gasteiger partial charge on any atom is 0.138 e. The molecule has 0 N–H and O–H groups in total. The molecule has 1 unspecified atom stereocenters. The molecule has 0 bridgehead atoms. The Morgan fingerprint density at radius 1 is 0.655 bits per heavy atom. The molecule has 0 fully saturated rings. The summed E-state index contributed by atoms with van der Waals surface area (Å²) in [7, 11) is 0. The van der Waals surface area contributed by atoms with Crippen LogP contribution in [0.3, 0.4) is 0 Å². The second-order valence-corrected chi connectivity index (χ2v) is 8.20. The number of hydrogen-bond acceptors (Lipinski definition) is 1. The predicted octanol–water partition coefficient (Wildman–Crippen LogP) is 7.20. The quantitative estimate of drug-likeness (QED) is 0.239. The zero-order valence-electron chi connectivity index (χ0n) is 15.0. The van der Waals surface area contributed by atoms with Crippen molar-refractivity contribution in [2.45, 2.75) is 5.41 Å². The minimum Gasteiger partial charge on any atom is -0.457 e. The molecule has 1 atom stereocenters. The zero-order chi connectivity index (χ0) is 19.8. The van der Waals surface area contributed by atoms with Gasteiger partial charge in [-0.1, -0.05) is 48.5 Å². The van der Waals surface area contributed by atoms with E-state index < -0.39 is 5.41 Å². The number of rotatable bonds is 0. The van der Waals surface area contributed by atoms with E-state index in [2.05, 4.69) is 22.0 Å². The second-order valence-electron chi connectivity index (χ2n) is 7.35. The Bertz CT molecular complexity index is 1330. The zero-order valence-corrected chi connectivity index (χ0v) is 16.6. The first kappa shape index (κ1) is 16.9. The number of ether oxygens (including phenoxy) is 1. The Balaban J connectivity index is 1.85. The summed E-state index contributed by atoms with van der Waals surface area (Å²) in [5, 5.41) is 0. The lowest BCUT2D eigenvalue weighted by Gasteiger charge is -2.39. The van der Waals surface area contributed by atoms with Crippen LogP contribution in [0.5, 0.6) is 11.5 Å². The fourth-order valence-electron chi connectivity index (χ4n) is 4.87. The van der Waals surface area contributed by atoms with E-state index in [9.17, 15) is 8.78 Å². The van der Waals surface area contributed by atoms with Crippen molar-refractivity contribution in [3.63, 3.8) is 0 Å². The van der Waals surface area contributed by atoms with Crippen LogP contribution in [0.25, 0.3) is 11.1 Å². The lowest BCUT2D eigenvalue weighted by Crippen LogP contribution is -2.32. The largest absolute Gasteiger partial charge is 0.457 e. The summed E-state index contributed by atoms with van der Waals surface area (Å²) in [6.07, 6.45) is 0. The van der Waals surface area contributed by atoms with Gasteiger partial charge in [-0.3, -0.25) is 0 Å².